The molecule has 2 heteroatoms. The molecule has 1 aromatic heterocycles. The van der Waals surface area contributed by atoms with Gasteiger partial charge in [-0.3, -0.25) is 0 Å². The Bertz CT molecular complexity index is 3880. The second-order valence-electron chi connectivity index (χ2n) is 15.7. The number of nitrogens with zero attached hydrogens (tertiary/aromatic N) is 1. The first-order chi connectivity index (χ1) is 32.8. The van der Waals surface area contributed by atoms with Crippen LogP contribution in [0.4, 0.5) is 17.1 Å². The van der Waals surface area contributed by atoms with Gasteiger partial charge in [0, 0.05) is 22.3 Å². The van der Waals surface area contributed by atoms with Crippen molar-refractivity contribution in [2.75, 3.05) is 4.90 Å². The van der Waals surface area contributed by atoms with Crippen molar-refractivity contribution in [2.45, 2.75) is 0 Å². The summed E-state index contributed by atoms with van der Waals surface area (Å²) in [7, 11) is 0. The number of rotatable bonds is 7. The summed E-state index contributed by atoms with van der Waals surface area (Å²) in [5.41, 5.74) is 11.2. The normalized spacial score (nSPS) is 12.7. The zero-order valence-corrected chi connectivity index (χ0v) is 33.5. The average Bonchev–Trinajstić information content (AvgIpc) is 3.78. The van der Waals surface area contributed by atoms with E-state index in [2.05, 4.69) is 181 Å². The highest BCUT2D eigenvalue weighted by Crippen LogP contribution is 2.46. The monoisotopic (exact) mass is 794 g/mol. The van der Waals surface area contributed by atoms with E-state index in [0.717, 1.165) is 50.1 Å². The molecule has 1 heterocycles. The van der Waals surface area contributed by atoms with Crippen molar-refractivity contribution >= 4 is 71.3 Å². The van der Waals surface area contributed by atoms with Gasteiger partial charge in [0.2, 0.25) is 0 Å². The predicted molar refractivity (Wildman–Crippen MR) is 263 cm³/mol. The lowest BCUT2D eigenvalue weighted by Gasteiger charge is -2.27. The molecule has 12 rings (SSSR count). The number of hydrogen-bond acceptors (Lipinski definition) is 2. The third-order valence-electron chi connectivity index (χ3n) is 12.2. The summed E-state index contributed by atoms with van der Waals surface area (Å²) in [6.07, 6.45) is 0. The first-order valence-electron chi connectivity index (χ1n) is 23.3. The Morgan fingerprint density at radius 3 is 1.58 bits per heavy atom. The van der Waals surface area contributed by atoms with E-state index in [1.54, 1.807) is 6.07 Å². The third-order valence-corrected chi connectivity index (χ3v) is 12.2. The summed E-state index contributed by atoms with van der Waals surface area (Å²) in [6, 6.07) is 70.2. The van der Waals surface area contributed by atoms with Gasteiger partial charge < -0.3 is 9.32 Å². The lowest BCUT2D eigenvalue weighted by atomic mass is 9.94. The van der Waals surface area contributed by atoms with Crippen LogP contribution in [-0.2, 0) is 0 Å². The molecule has 0 bridgehead atoms. The molecule has 0 amide bonds. The van der Waals surface area contributed by atoms with Crippen molar-refractivity contribution in [3.05, 3.63) is 236 Å². The lowest BCUT2D eigenvalue weighted by molar-refractivity contribution is 0.670. The maximum atomic E-state index is 8.81. The highest BCUT2D eigenvalue weighted by Gasteiger charge is 2.21. The Hall–Kier alpha value is -8.20. The van der Waals surface area contributed by atoms with Gasteiger partial charge in [-0.05, 0) is 108 Å². The molecule has 0 aliphatic rings. The summed E-state index contributed by atoms with van der Waals surface area (Å²) in [4.78, 5) is 2.24. The summed E-state index contributed by atoms with van der Waals surface area (Å²) in [5, 5.41) is 8.89. The number of para-hydroxylation sites is 1. The van der Waals surface area contributed by atoms with Crippen LogP contribution in [0.5, 0.6) is 0 Å². The smallest absolute Gasteiger partial charge is 0.143 e. The van der Waals surface area contributed by atoms with Gasteiger partial charge in [-0.15, -0.1) is 0 Å². The first kappa shape index (κ1) is 30.8. The molecule has 0 fully saturated rings. The van der Waals surface area contributed by atoms with E-state index in [0.29, 0.717) is 16.7 Å². The van der Waals surface area contributed by atoms with Crippen molar-refractivity contribution < 1.29 is 11.3 Å². The van der Waals surface area contributed by atoms with Gasteiger partial charge >= 0.3 is 0 Å². The van der Waals surface area contributed by atoms with Crippen molar-refractivity contribution in [3.8, 4) is 44.5 Å². The van der Waals surface area contributed by atoms with E-state index < -0.39 is 6.04 Å². The summed E-state index contributed by atoms with van der Waals surface area (Å²) < 4.78 is 49.3. The largest absolute Gasteiger partial charge is 0.455 e. The molecule has 0 aliphatic carbocycles. The van der Waals surface area contributed by atoms with Gasteiger partial charge in [-0.25, -0.2) is 0 Å². The molecule has 0 aliphatic heterocycles. The van der Waals surface area contributed by atoms with Crippen LogP contribution < -0.4 is 4.90 Å². The molecular formula is C60H39NO. The molecular weight excluding hydrogens is 751 g/mol. The van der Waals surface area contributed by atoms with Crippen LogP contribution in [0.15, 0.2) is 241 Å². The van der Waals surface area contributed by atoms with Crippen LogP contribution in [-0.4, -0.2) is 0 Å². The molecule has 0 saturated carbocycles. The SMILES string of the molecule is [2H]c1c([2H])c([2H])c(-c2cccc3c2oc2cccc(N(c4ccc(-c5ccc(-c6cccc7ccccc67)cc5)cc4)c4ccc(-c5cccc6c5ccc5ccccc56)cc4)c23)c([2H])c1[2H]. The quantitative estimate of drug-likeness (QED) is 0.149. The third kappa shape index (κ3) is 6.04. The molecule has 0 atom stereocenters. The average molecular weight is 795 g/mol. The van der Waals surface area contributed by atoms with E-state index in [9.17, 15) is 0 Å². The zero-order chi connectivity index (χ0) is 45.3. The molecule has 11 aromatic carbocycles. The molecule has 0 N–H and O–H groups in total. The van der Waals surface area contributed by atoms with Gasteiger partial charge in [0.1, 0.15) is 11.2 Å². The molecule has 2 nitrogen and oxygen atoms in total. The maximum Gasteiger partial charge on any atom is 0.143 e. The zero-order valence-electron chi connectivity index (χ0n) is 38.5. The number of fused-ring (bicyclic) bond motifs is 7. The molecule has 12 aromatic rings. The number of furan rings is 1. The van der Waals surface area contributed by atoms with Crippen molar-refractivity contribution in [2.24, 2.45) is 0 Å². The van der Waals surface area contributed by atoms with Crippen LogP contribution in [0.25, 0.3) is 98.8 Å². The summed E-state index contributed by atoms with van der Waals surface area (Å²) in [5.74, 6) is 0. The van der Waals surface area contributed by atoms with Crippen LogP contribution in [0.1, 0.15) is 6.85 Å². The van der Waals surface area contributed by atoms with E-state index in [-0.39, 0.29) is 29.7 Å². The number of anilines is 3. The maximum absolute atomic E-state index is 8.81. The highest BCUT2D eigenvalue weighted by atomic mass is 16.3. The minimum Gasteiger partial charge on any atom is -0.455 e. The molecule has 290 valence electrons. The van der Waals surface area contributed by atoms with Crippen molar-refractivity contribution in [1.29, 1.82) is 0 Å². The Labute approximate surface area is 367 Å². The highest BCUT2D eigenvalue weighted by molar-refractivity contribution is 6.16. The minimum absolute atomic E-state index is 0.104. The van der Waals surface area contributed by atoms with Crippen LogP contribution in [0.3, 0.4) is 0 Å². The predicted octanol–water partition coefficient (Wildman–Crippen LogP) is 17.2. The Morgan fingerprint density at radius 1 is 0.339 bits per heavy atom. The lowest BCUT2D eigenvalue weighted by Crippen LogP contribution is -2.10. The first-order valence-corrected chi connectivity index (χ1v) is 20.8. The summed E-state index contributed by atoms with van der Waals surface area (Å²) >= 11 is 0. The van der Waals surface area contributed by atoms with Crippen molar-refractivity contribution in [1.82, 2.24) is 0 Å². The van der Waals surface area contributed by atoms with Crippen LogP contribution in [0.2, 0.25) is 0 Å². The van der Waals surface area contributed by atoms with E-state index in [1.807, 2.05) is 24.3 Å². The molecule has 0 radical (unpaired) electrons. The topological polar surface area (TPSA) is 16.4 Å². The van der Waals surface area contributed by atoms with Gasteiger partial charge in [-0.2, -0.15) is 0 Å². The number of benzene rings is 11. The Kier molecular flexibility index (Phi) is 7.35. The Balaban J connectivity index is 0.992. The fraction of sp³-hybridized carbons (Fsp3) is 0. The second-order valence-corrected chi connectivity index (χ2v) is 15.7. The van der Waals surface area contributed by atoms with Gasteiger partial charge in [0.15, 0.2) is 0 Å². The second kappa shape index (κ2) is 14.8. The van der Waals surface area contributed by atoms with E-state index in [1.165, 1.54) is 43.4 Å². The van der Waals surface area contributed by atoms with Gasteiger partial charge in [0.25, 0.3) is 0 Å². The molecule has 0 unspecified atom stereocenters. The number of hydrogen-bond donors (Lipinski definition) is 0. The van der Waals surface area contributed by atoms with Crippen LogP contribution >= 0.6 is 0 Å². The fourth-order valence-electron chi connectivity index (χ4n) is 9.23. The molecule has 62 heavy (non-hydrogen) atoms. The Morgan fingerprint density at radius 2 is 0.855 bits per heavy atom. The molecule has 0 spiro atoms. The van der Waals surface area contributed by atoms with Crippen LogP contribution in [0, 0.1) is 0 Å². The van der Waals surface area contributed by atoms with E-state index >= 15 is 0 Å². The minimum atomic E-state index is -0.433. The van der Waals surface area contributed by atoms with Gasteiger partial charge in [0.05, 0.1) is 17.9 Å². The van der Waals surface area contributed by atoms with E-state index in [4.69, 9.17) is 11.3 Å². The fourth-order valence-corrected chi connectivity index (χ4v) is 9.23. The molecule has 0 saturated heterocycles. The standard InChI is InChI=1S/C60H39NO/c1-2-12-43(13-3-1)53-21-10-23-56-59-57(24-11-25-58(59)62-60(53)56)61(48-37-32-46(33-38-48)52-20-9-22-54-51-18-7-5-15-44(51)34-39-55(52)54)47-35-30-41(31-36-47)40-26-28-45(29-27-40)50-19-8-16-42-14-4-6-17-49(42)50/h1-39H/i1D,2D,3D,12D,13D. The van der Waals surface area contributed by atoms with Gasteiger partial charge in [-0.1, -0.05) is 200 Å². The van der Waals surface area contributed by atoms with Crippen molar-refractivity contribution in [3.63, 3.8) is 0 Å². The summed E-state index contributed by atoms with van der Waals surface area (Å²) in [6.45, 7) is 0.